The van der Waals surface area contributed by atoms with E-state index < -0.39 is 0 Å². The Morgan fingerprint density at radius 2 is 1.30 bits per heavy atom. The van der Waals surface area contributed by atoms with Gasteiger partial charge in [-0.15, -0.1) is 16.6 Å². The molecule has 0 N–H and O–H groups in total. The van der Waals surface area contributed by atoms with Crippen LogP contribution in [0.5, 0.6) is 5.75 Å². The molecule has 0 aliphatic heterocycles. The molecule has 1 aromatic heterocycles. The Labute approximate surface area is 179 Å². The summed E-state index contributed by atoms with van der Waals surface area (Å²) in [4.78, 5) is 0. The molecule has 3 aromatic rings. The second kappa shape index (κ2) is 11.8. The van der Waals surface area contributed by atoms with Crippen molar-refractivity contribution in [2.24, 2.45) is 0 Å². The fourth-order valence-corrected chi connectivity index (χ4v) is 3.29. The maximum Gasteiger partial charge on any atom is 0.248 e. The first-order valence-corrected chi connectivity index (χ1v) is 10.9. The summed E-state index contributed by atoms with van der Waals surface area (Å²) in [7, 11) is 0. The summed E-state index contributed by atoms with van der Waals surface area (Å²) in [5, 5.41) is 8.30. The molecule has 4 heteroatoms. The number of unbranched alkanes of at least 4 members (excludes halogenated alkanes) is 7. The molecule has 0 aliphatic rings. The van der Waals surface area contributed by atoms with Gasteiger partial charge in [-0.2, -0.15) is 0 Å². The Bertz CT molecular complexity index is 921. The van der Waals surface area contributed by atoms with E-state index >= 15 is 0 Å². The summed E-state index contributed by atoms with van der Waals surface area (Å²) < 4.78 is 11.7. The largest absolute Gasteiger partial charge is 0.494 e. The van der Waals surface area contributed by atoms with Gasteiger partial charge in [-0.25, -0.2) is 0 Å². The first-order valence-electron chi connectivity index (χ1n) is 10.9. The van der Waals surface area contributed by atoms with Crippen LogP contribution in [0, 0.1) is 12.3 Å². The van der Waals surface area contributed by atoms with E-state index in [4.69, 9.17) is 15.6 Å². The third-order valence-corrected chi connectivity index (χ3v) is 5.09. The summed E-state index contributed by atoms with van der Waals surface area (Å²) >= 11 is 0. The van der Waals surface area contributed by atoms with E-state index in [0.29, 0.717) is 11.8 Å². The lowest BCUT2D eigenvalue weighted by molar-refractivity contribution is 0.304. The Morgan fingerprint density at radius 1 is 0.767 bits per heavy atom. The van der Waals surface area contributed by atoms with Crippen molar-refractivity contribution in [1.82, 2.24) is 10.2 Å². The SMILES string of the molecule is C#Cc1ccc(-c2nnc(-c3ccc(OCCCCCCCCCC)cc3)o2)cc1. The molecule has 4 nitrogen and oxygen atoms in total. The molecule has 156 valence electrons. The zero-order chi connectivity index (χ0) is 21.0. The summed E-state index contributed by atoms with van der Waals surface area (Å²) in [6.07, 6.45) is 15.8. The van der Waals surface area contributed by atoms with Crippen LogP contribution in [0.3, 0.4) is 0 Å². The monoisotopic (exact) mass is 402 g/mol. The van der Waals surface area contributed by atoms with E-state index in [9.17, 15) is 0 Å². The molecule has 0 aliphatic carbocycles. The maximum absolute atomic E-state index is 5.86. The first-order chi connectivity index (χ1) is 14.8. The van der Waals surface area contributed by atoms with Crippen molar-refractivity contribution in [3.8, 4) is 41.0 Å². The predicted octanol–water partition coefficient (Wildman–Crippen LogP) is 6.90. The molecule has 0 bridgehead atoms. The molecular weight excluding hydrogens is 372 g/mol. The third-order valence-electron chi connectivity index (χ3n) is 5.09. The summed E-state index contributed by atoms with van der Waals surface area (Å²) in [5.41, 5.74) is 2.53. The number of hydrogen-bond donors (Lipinski definition) is 0. The van der Waals surface area contributed by atoms with Gasteiger partial charge in [0.25, 0.3) is 0 Å². The second-order valence-corrected chi connectivity index (χ2v) is 7.48. The smallest absolute Gasteiger partial charge is 0.248 e. The highest BCUT2D eigenvalue weighted by atomic mass is 16.5. The van der Waals surface area contributed by atoms with Crippen LogP contribution in [0.4, 0.5) is 0 Å². The van der Waals surface area contributed by atoms with Gasteiger partial charge in [0, 0.05) is 16.7 Å². The number of nitrogens with zero attached hydrogens (tertiary/aromatic N) is 2. The van der Waals surface area contributed by atoms with Gasteiger partial charge in [0.1, 0.15) is 5.75 Å². The van der Waals surface area contributed by atoms with Crippen LogP contribution in [0.25, 0.3) is 22.9 Å². The Hall–Kier alpha value is -3.06. The van der Waals surface area contributed by atoms with E-state index in [1.807, 2.05) is 48.5 Å². The van der Waals surface area contributed by atoms with E-state index in [-0.39, 0.29) is 0 Å². The fourth-order valence-electron chi connectivity index (χ4n) is 3.29. The topological polar surface area (TPSA) is 48.2 Å². The van der Waals surface area contributed by atoms with Crippen LogP contribution < -0.4 is 4.74 Å². The average molecular weight is 403 g/mol. The van der Waals surface area contributed by atoms with E-state index in [1.165, 1.54) is 44.9 Å². The summed E-state index contributed by atoms with van der Waals surface area (Å²) in [6.45, 7) is 3.01. The van der Waals surface area contributed by atoms with E-state index in [0.717, 1.165) is 35.5 Å². The number of hydrogen-bond acceptors (Lipinski definition) is 4. The fraction of sp³-hybridized carbons (Fsp3) is 0.385. The Morgan fingerprint density at radius 3 is 1.87 bits per heavy atom. The van der Waals surface area contributed by atoms with E-state index in [1.54, 1.807) is 0 Å². The molecule has 0 saturated heterocycles. The molecule has 30 heavy (non-hydrogen) atoms. The van der Waals surface area contributed by atoms with Crippen molar-refractivity contribution in [1.29, 1.82) is 0 Å². The van der Waals surface area contributed by atoms with Crippen LogP contribution in [-0.4, -0.2) is 16.8 Å². The van der Waals surface area contributed by atoms with Crippen LogP contribution in [0.1, 0.15) is 63.9 Å². The average Bonchev–Trinajstić information content (AvgIpc) is 3.29. The second-order valence-electron chi connectivity index (χ2n) is 7.48. The first kappa shape index (κ1) is 21.6. The lowest BCUT2D eigenvalue weighted by Crippen LogP contribution is -1.97. The molecule has 0 atom stereocenters. The number of benzene rings is 2. The standard InChI is InChI=1S/C26H30N2O2/c1-3-5-6-7-8-9-10-11-20-29-24-18-16-23(17-19-24)26-28-27-25(30-26)22-14-12-21(4-2)13-15-22/h2,12-19H,3,5-11,20H2,1H3. The molecule has 1 heterocycles. The van der Waals surface area contributed by atoms with Crippen molar-refractivity contribution in [2.45, 2.75) is 58.3 Å². The normalized spacial score (nSPS) is 10.7. The molecule has 3 rings (SSSR count). The van der Waals surface area contributed by atoms with Crippen LogP contribution in [0.15, 0.2) is 52.9 Å². The molecule has 0 saturated carbocycles. The summed E-state index contributed by atoms with van der Waals surface area (Å²) in [6, 6.07) is 15.3. The predicted molar refractivity (Wildman–Crippen MR) is 121 cm³/mol. The minimum atomic E-state index is 0.476. The maximum atomic E-state index is 5.86. The van der Waals surface area contributed by atoms with E-state index in [2.05, 4.69) is 23.0 Å². The number of ether oxygens (including phenoxy) is 1. The van der Waals surface area contributed by atoms with Gasteiger partial charge in [-0.05, 0) is 55.0 Å². The van der Waals surface area contributed by atoms with Crippen LogP contribution >= 0.6 is 0 Å². The van der Waals surface area contributed by atoms with Gasteiger partial charge in [0.05, 0.1) is 6.61 Å². The van der Waals surface area contributed by atoms with Gasteiger partial charge >= 0.3 is 0 Å². The zero-order valence-electron chi connectivity index (χ0n) is 17.8. The lowest BCUT2D eigenvalue weighted by Gasteiger charge is -2.06. The Balaban J connectivity index is 1.43. The quantitative estimate of drug-likeness (QED) is 0.244. The molecule has 0 unspecified atom stereocenters. The van der Waals surface area contributed by atoms with Crippen molar-refractivity contribution in [2.75, 3.05) is 6.61 Å². The van der Waals surface area contributed by atoms with Crippen molar-refractivity contribution >= 4 is 0 Å². The minimum absolute atomic E-state index is 0.476. The molecular formula is C26H30N2O2. The third kappa shape index (κ3) is 6.49. The molecule has 2 aromatic carbocycles. The van der Waals surface area contributed by atoms with Gasteiger partial charge < -0.3 is 9.15 Å². The highest BCUT2D eigenvalue weighted by Crippen LogP contribution is 2.25. The van der Waals surface area contributed by atoms with Gasteiger partial charge in [0.2, 0.25) is 11.8 Å². The van der Waals surface area contributed by atoms with Gasteiger partial charge in [-0.3, -0.25) is 0 Å². The Kier molecular flexibility index (Phi) is 8.53. The highest BCUT2D eigenvalue weighted by Gasteiger charge is 2.10. The van der Waals surface area contributed by atoms with Crippen molar-refractivity contribution < 1.29 is 9.15 Å². The highest BCUT2D eigenvalue weighted by molar-refractivity contribution is 5.59. The molecule has 0 radical (unpaired) electrons. The minimum Gasteiger partial charge on any atom is -0.494 e. The number of terminal acetylenes is 1. The summed E-state index contributed by atoms with van der Waals surface area (Å²) in [5.74, 6) is 4.43. The van der Waals surface area contributed by atoms with Gasteiger partial charge in [-0.1, -0.05) is 57.8 Å². The van der Waals surface area contributed by atoms with Crippen LogP contribution in [0.2, 0.25) is 0 Å². The number of rotatable bonds is 12. The molecule has 0 spiro atoms. The van der Waals surface area contributed by atoms with Crippen LogP contribution in [-0.2, 0) is 0 Å². The number of aromatic nitrogens is 2. The molecule has 0 fully saturated rings. The van der Waals surface area contributed by atoms with Gasteiger partial charge in [0.15, 0.2) is 0 Å². The van der Waals surface area contributed by atoms with Crippen molar-refractivity contribution in [3.63, 3.8) is 0 Å². The van der Waals surface area contributed by atoms with Crippen molar-refractivity contribution in [3.05, 3.63) is 54.1 Å². The molecule has 0 amide bonds. The zero-order valence-corrected chi connectivity index (χ0v) is 17.8. The lowest BCUT2D eigenvalue weighted by atomic mass is 10.1.